The Balaban J connectivity index is 2.11. The molecule has 0 spiro atoms. The fraction of sp³-hybridized carbons (Fsp3) is 0.133. The van der Waals surface area contributed by atoms with Crippen LogP contribution < -0.4 is 0 Å². The minimum Gasteiger partial charge on any atom is -0.454 e. The molecule has 2 aromatic carbocycles. The average Bonchev–Trinajstić information content (AvgIpc) is 2.40. The quantitative estimate of drug-likeness (QED) is 0.611. The molecule has 2 rings (SSSR count). The van der Waals surface area contributed by atoms with Gasteiger partial charge in [-0.2, -0.15) is 0 Å². The third kappa shape index (κ3) is 3.10. The summed E-state index contributed by atoms with van der Waals surface area (Å²) < 4.78 is 6.36. The van der Waals surface area contributed by atoms with Gasteiger partial charge < -0.3 is 4.74 Å². The SMILES string of the molecule is CC(OC(=O)c1ccccc1I)c1ccccc1. The molecule has 0 heterocycles. The molecule has 0 bridgehead atoms. The highest BCUT2D eigenvalue weighted by Gasteiger charge is 2.15. The lowest BCUT2D eigenvalue weighted by Gasteiger charge is -2.14. The Hall–Kier alpha value is -1.36. The standard InChI is InChI=1S/C15H13IO2/c1-11(12-7-3-2-4-8-12)18-15(17)13-9-5-6-10-14(13)16/h2-11H,1H3. The number of benzene rings is 2. The van der Waals surface area contributed by atoms with Gasteiger partial charge in [-0.15, -0.1) is 0 Å². The molecule has 0 aromatic heterocycles. The first-order valence-corrected chi connectivity index (χ1v) is 6.77. The van der Waals surface area contributed by atoms with E-state index in [1.165, 1.54) is 0 Å². The highest BCUT2D eigenvalue weighted by molar-refractivity contribution is 14.1. The Morgan fingerprint density at radius 1 is 1.06 bits per heavy atom. The lowest BCUT2D eigenvalue weighted by molar-refractivity contribution is 0.0336. The van der Waals surface area contributed by atoms with Gasteiger partial charge in [0.2, 0.25) is 0 Å². The Morgan fingerprint density at radius 3 is 2.33 bits per heavy atom. The van der Waals surface area contributed by atoms with Crippen LogP contribution in [0.3, 0.4) is 0 Å². The fourth-order valence-electron chi connectivity index (χ4n) is 1.64. The number of hydrogen-bond donors (Lipinski definition) is 0. The van der Waals surface area contributed by atoms with Gasteiger partial charge in [0.1, 0.15) is 6.10 Å². The lowest BCUT2D eigenvalue weighted by atomic mass is 10.1. The molecule has 1 unspecified atom stereocenters. The van der Waals surface area contributed by atoms with Crippen molar-refractivity contribution < 1.29 is 9.53 Å². The molecule has 1 atom stereocenters. The van der Waals surface area contributed by atoms with E-state index in [-0.39, 0.29) is 12.1 Å². The fourth-order valence-corrected chi connectivity index (χ4v) is 2.25. The molecule has 0 saturated heterocycles. The average molecular weight is 352 g/mol. The van der Waals surface area contributed by atoms with Gasteiger partial charge in [-0.05, 0) is 47.2 Å². The monoisotopic (exact) mass is 352 g/mol. The van der Waals surface area contributed by atoms with Crippen molar-refractivity contribution in [3.8, 4) is 0 Å². The smallest absolute Gasteiger partial charge is 0.339 e. The molecular weight excluding hydrogens is 339 g/mol. The van der Waals surface area contributed by atoms with Gasteiger partial charge in [0.25, 0.3) is 0 Å². The molecule has 0 saturated carbocycles. The van der Waals surface area contributed by atoms with Gasteiger partial charge in [0, 0.05) is 3.57 Å². The highest BCUT2D eigenvalue weighted by atomic mass is 127. The molecule has 0 radical (unpaired) electrons. The van der Waals surface area contributed by atoms with Crippen molar-refractivity contribution >= 4 is 28.6 Å². The van der Waals surface area contributed by atoms with E-state index >= 15 is 0 Å². The number of halogens is 1. The van der Waals surface area contributed by atoms with Gasteiger partial charge in [-0.3, -0.25) is 0 Å². The van der Waals surface area contributed by atoms with Gasteiger partial charge in [0.05, 0.1) is 5.56 Å². The summed E-state index contributed by atoms with van der Waals surface area (Å²) in [6, 6.07) is 17.1. The lowest BCUT2D eigenvalue weighted by Crippen LogP contribution is -2.10. The second-order valence-electron chi connectivity index (χ2n) is 3.94. The van der Waals surface area contributed by atoms with Crippen LogP contribution in [0.25, 0.3) is 0 Å². The second-order valence-corrected chi connectivity index (χ2v) is 5.10. The molecule has 0 aliphatic carbocycles. The van der Waals surface area contributed by atoms with Crippen LogP contribution in [0.2, 0.25) is 0 Å². The number of carbonyl (C=O) groups is 1. The Bertz CT molecular complexity index is 537. The number of ether oxygens (including phenoxy) is 1. The van der Waals surface area contributed by atoms with E-state index in [1.54, 1.807) is 6.07 Å². The molecule has 92 valence electrons. The molecule has 0 N–H and O–H groups in total. The zero-order valence-corrected chi connectivity index (χ0v) is 12.1. The van der Waals surface area contributed by atoms with E-state index < -0.39 is 0 Å². The molecule has 2 aromatic rings. The molecule has 2 nitrogen and oxygen atoms in total. The van der Waals surface area contributed by atoms with Crippen molar-refractivity contribution in [2.75, 3.05) is 0 Å². The first-order chi connectivity index (χ1) is 8.68. The van der Waals surface area contributed by atoms with Crippen LogP contribution in [0.4, 0.5) is 0 Å². The third-order valence-corrected chi connectivity index (χ3v) is 3.59. The first-order valence-electron chi connectivity index (χ1n) is 5.69. The minimum absolute atomic E-state index is 0.241. The molecule has 0 aliphatic rings. The van der Waals surface area contributed by atoms with Crippen LogP contribution in [0.15, 0.2) is 54.6 Å². The van der Waals surface area contributed by atoms with Crippen molar-refractivity contribution in [2.24, 2.45) is 0 Å². The van der Waals surface area contributed by atoms with Crippen molar-refractivity contribution in [3.63, 3.8) is 0 Å². The van der Waals surface area contributed by atoms with Gasteiger partial charge in [-0.1, -0.05) is 42.5 Å². The zero-order valence-electron chi connectivity index (χ0n) is 9.97. The maximum Gasteiger partial charge on any atom is 0.339 e. The summed E-state index contributed by atoms with van der Waals surface area (Å²) in [7, 11) is 0. The van der Waals surface area contributed by atoms with Crippen LogP contribution in [-0.2, 0) is 4.74 Å². The summed E-state index contributed by atoms with van der Waals surface area (Å²) in [5.41, 5.74) is 1.61. The van der Waals surface area contributed by atoms with Crippen molar-refractivity contribution in [2.45, 2.75) is 13.0 Å². The number of rotatable bonds is 3. The number of hydrogen-bond acceptors (Lipinski definition) is 2. The van der Waals surface area contributed by atoms with E-state index in [0.29, 0.717) is 5.56 Å². The summed E-state index contributed by atoms with van der Waals surface area (Å²) in [6.07, 6.45) is -0.241. The van der Waals surface area contributed by atoms with E-state index in [2.05, 4.69) is 22.6 Å². The van der Waals surface area contributed by atoms with Crippen LogP contribution in [0.1, 0.15) is 28.9 Å². The summed E-state index contributed by atoms with van der Waals surface area (Å²) in [5.74, 6) is -0.281. The van der Waals surface area contributed by atoms with Crippen LogP contribution >= 0.6 is 22.6 Å². The highest BCUT2D eigenvalue weighted by Crippen LogP contribution is 2.20. The van der Waals surface area contributed by atoms with Crippen LogP contribution in [-0.4, -0.2) is 5.97 Å². The van der Waals surface area contributed by atoms with Crippen LogP contribution in [0, 0.1) is 3.57 Å². The summed E-state index contributed by atoms with van der Waals surface area (Å²) in [4.78, 5) is 12.0. The molecular formula is C15H13IO2. The normalized spacial score (nSPS) is 11.9. The van der Waals surface area contributed by atoms with E-state index in [1.807, 2.05) is 55.5 Å². The Labute approximate surface area is 120 Å². The predicted octanol–water partition coefficient (Wildman–Crippen LogP) is 4.21. The Morgan fingerprint density at radius 2 is 1.67 bits per heavy atom. The summed E-state index contributed by atoms with van der Waals surface area (Å²) in [6.45, 7) is 1.88. The largest absolute Gasteiger partial charge is 0.454 e. The topological polar surface area (TPSA) is 26.3 Å². The van der Waals surface area contributed by atoms with E-state index in [0.717, 1.165) is 9.13 Å². The Kier molecular flexibility index (Phi) is 4.36. The van der Waals surface area contributed by atoms with Crippen molar-refractivity contribution in [1.29, 1.82) is 0 Å². The van der Waals surface area contributed by atoms with Gasteiger partial charge in [-0.25, -0.2) is 4.79 Å². The van der Waals surface area contributed by atoms with Gasteiger partial charge >= 0.3 is 5.97 Å². The maximum atomic E-state index is 12.0. The number of carbonyl (C=O) groups excluding carboxylic acids is 1. The molecule has 0 amide bonds. The zero-order chi connectivity index (χ0) is 13.0. The summed E-state index contributed by atoms with van der Waals surface area (Å²) in [5, 5.41) is 0. The second kappa shape index (κ2) is 6.00. The van der Waals surface area contributed by atoms with E-state index in [4.69, 9.17) is 4.74 Å². The van der Waals surface area contributed by atoms with E-state index in [9.17, 15) is 4.79 Å². The van der Waals surface area contributed by atoms with Gasteiger partial charge in [0.15, 0.2) is 0 Å². The predicted molar refractivity (Wildman–Crippen MR) is 79.4 cm³/mol. The molecule has 0 aliphatic heterocycles. The third-order valence-electron chi connectivity index (χ3n) is 2.65. The van der Waals surface area contributed by atoms with Crippen molar-refractivity contribution in [1.82, 2.24) is 0 Å². The van der Waals surface area contributed by atoms with Crippen LogP contribution in [0.5, 0.6) is 0 Å². The molecule has 0 fully saturated rings. The molecule has 18 heavy (non-hydrogen) atoms. The summed E-state index contributed by atoms with van der Waals surface area (Å²) >= 11 is 2.14. The molecule has 3 heteroatoms. The first kappa shape index (κ1) is 13.1. The number of esters is 1. The van der Waals surface area contributed by atoms with Crippen molar-refractivity contribution in [3.05, 3.63) is 69.3 Å². The minimum atomic E-state index is -0.281. The maximum absolute atomic E-state index is 12.0.